The van der Waals surface area contributed by atoms with Gasteiger partial charge in [0.05, 0.1) is 31.6 Å². The first-order valence-corrected chi connectivity index (χ1v) is 11.4. The zero-order valence-corrected chi connectivity index (χ0v) is 20.7. The lowest BCUT2D eigenvalue weighted by molar-refractivity contribution is -0.126. The fourth-order valence-electron chi connectivity index (χ4n) is 3.52. The Balaban J connectivity index is 1.68. The highest BCUT2D eigenvalue weighted by molar-refractivity contribution is 8.18. The number of methoxy groups -OCH3 is 3. The van der Waals surface area contributed by atoms with Crippen LogP contribution in [0.1, 0.15) is 25.0 Å². The maximum atomic E-state index is 12.9. The minimum absolute atomic E-state index is 0.0773. The lowest BCUT2D eigenvalue weighted by Gasteiger charge is -2.24. The van der Waals surface area contributed by atoms with Crippen molar-refractivity contribution in [3.63, 3.8) is 0 Å². The normalized spacial score (nSPS) is 15.0. The van der Waals surface area contributed by atoms with Gasteiger partial charge in [0.1, 0.15) is 0 Å². The first-order valence-electron chi connectivity index (χ1n) is 10.6. The van der Waals surface area contributed by atoms with E-state index < -0.39 is 11.3 Å². The Hall–Kier alpha value is -3.46. The molecule has 180 valence electrons. The average molecular weight is 485 g/mol. The third-order valence-electron chi connectivity index (χ3n) is 5.54. The van der Waals surface area contributed by atoms with Crippen LogP contribution >= 0.6 is 11.8 Å². The van der Waals surface area contributed by atoms with Gasteiger partial charge in [0.15, 0.2) is 11.5 Å². The van der Waals surface area contributed by atoms with Crippen LogP contribution in [0.2, 0.25) is 0 Å². The van der Waals surface area contributed by atoms with E-state index in [1.807, 2.05) is 44.2 Å². The van der Waals surface area contributed by atoms with Gasteiger partial charge in [-0.15, -0.1) is 0 Å². The molecule has 1 fully saturated rings. The second-order valence-electron chi connectivity index (χ2n) is 8.04. The Kier molecular flexibility index (Phi) is 7.88. The molecule has 2 aromatic carbocycles. The predicted molar refractivity (Wildman–Crippen MR) is 131 cm³/mol. The van der Waals surface area contributed by atoms with E-state index >= 15 is 0 Å². The smallest absolute Gasteiger partial charge is 0.293 e. The summed E-state index contributed by atoms with van der Waals surface area (Å²) in [5.74, 6) is 0.718. The van der Waals surface area contributed by atoms with Crippen LogP contribution in [0.5, 0.6) is 17.2 Å². The minimum Gasteiger partial charge on any atom is -0.493 e. The SMILES string of the molecule is COc1cc(/C=C2/SC(=O)N(CCNC(=O)C(C)(C)c3ccccc3)C2=O)cc(OC)c1OC. The van der Waals surface area contributed by atoms with Crippen LogP contribution < -0.4 is 19.5 Å². The van der Waals surface area contributed by atoms with E-state index in [1.165, 1.54) is 21.3 Å². The van der Waals surface area contributed by atoms with Gasteiger partial charge in [0.2, 0.25) is 11.7 Å². The van der Waals surface area contributed by atoms with Gasteiger partial charge in [-0.1, -0.05) is 30.3 Å². The van der Waals surface area contributed by atoms with Gasteiger partial charge in [-0.05, 0) is 54.9 Å². The average Bonchev–Trinajstić information content (AvgIpc) is 3.10. The predicted octanol–water partition coefficient (Wildman–Crippen LogP) is 3.84. The van der Waals surface area contributed by atoms with Crippen molar-refractivity contribution in [3.05, 3.63) is 58.5 Å². The summed E-state index contributed by atoms with van der Waals surface area (Å²) in [6.45, 7) is 3.90. The van der Waals surface area contributed by atoms with Gasteiger partial charge < -0.3 is 19.5 Å². The Morgan fingerprint density at radius 2 is 1.65 bits per heavy atom. The number of carbonyl (C=O) groups excluding carboxylic acids is 3. The number of nitrogens with zero attached hydrogens (tertiary/aromatic N) is 1. The molecule has 9 heteroatoms. The first-order chi connectivity index (χ1) is 16.2. The van der Waals surface area contributed by atoms with Crippen molar-refractivity contribution >= 4 is 34.9 Å². The molecule has 0 aliphatic carbocycles. The van der Waals surface area contributed by atoms with Gasteiger partial charge in [0, 0.05) is 13.1 Å². The Bertz CT molecular complexity index is 1090. The van der Waals surface area contributed by atoms with Crippen molar-refractivity contribution in [1.82, 2.24) is 10.2 Å². The van der Waals surface area contributed by atoms with Crippen molar-refractivity contribution in [2.45, 2.75) is 19.3 Å². The summed E-state index contributed by atoms with van der Waals surface area (Å²) in [6, 6.07) is 12.8. The van der Waals surface area contributed by atoms with Gasteiger partial charge in [-0.25, -0.2) is 0 Å². The van der Waals surface area contributed by atoms with Gasteiger partial charge >= 0.3 is 0 Å². The number of imide groups is 1. The number of thioether (sulfide) groups is 1. The van der Waals surface area contributed by atoms with E-state index in [4.69, 9.17) is 14.2 Å². The maximum Gasteiger partial charge on any atom is 0.293 e. The summed E-state index contributed by atoms with van der Waals surface area (Å²) in [4.78, 5) is 39.5. The van der Waals surface area contributed by atoms with Crippen molar-refractivity contribution in [3.8, 4) is 17.2 Å². The fraction of sp³-hybridized carbons (Fsp3) is 0.320. The number of ether oxygens (including phenoxy) is 3. The number of amides is 3. The number of benzene rings is 2. The lowest BCUT2D eigenvalue weighted by Crippen LogP contribution is -2.44. The third kappa shape index (κ3) is 5.20. The van der Waals surface area contributed by atoms with E-state index in [0.29, 0.717) is 22.8 Å². The highest BCUT2D eigenvalue weighted by Gasteiger charge is 2.35. The Labute approximate surface area is 203 Å². The summed E-state index contributed by atoms with van der Waals surface area (Å²) in [5, 5.41) is 2.45. The highest BCUT2D eigenvalue weighted by Crippen LogP contribution is 2.40. The summed E-state index contributed by atoms with van der Waals surface area (Å²) >= 11 is 0.848. The van der Waals surface area contributed by atoms with Crippen molar-refractivity contribution in [2.24, 2.45) is 0 Å². The van der Waals surface area contributed by atoms with E-state index in [9.17, 15) is 14.4 Å². The molecule has 0 radical (unpaired) electrons. The van der Waals surface area contributed by atoms with Crippen molar-refractivity contribution < 1.29 is 28.6 Å². The molecule has 0 atom stereocenters. The quantitative estimate of drug-likeness (QED) is 0.541. The molecule has 0 aromatic heterocycles. The monoisotopic (exact) mass is 484 g/mol. The molecule has 34 heavy (non-hydrogen) atoms. The topological polar surface area (TPSA) is 94.2 Å². The molecule has 2 aromatic rings. The van der Waals surface area contributed by atoms with E-state index in [0.717, 1.165) is 22.2 Å². The first kappa shape index (κ1) is 25.2. The molecule has 0 bridgehead atoms. The molecule has 8 nitrogen and oxygen atoms in total. The number of rotatable bonds is 9. The third-order valence-corrected chi connectivity index (χ3v) is 6.45. The number of carbonyl (C=O) groups is 3. The molecule has 0 saturated carbocycles. The minimum atomic E-state index is -0.743. The number of hydrogen-bond donors (Lipinski definition) is 1. The van der Waals surface area contributed by atoms with Gasteiger partial charge in [0.25, 0.3) is 11.1 Å². The van der Waals surface area contributed by atoms with Crippen LogP contribution in [0.3, 0.4) is 0 Å². The molecule has 1 heterocycles. The molecule has 0 unspecified atom stereocenters. The van der Waals surface area contributed by atoms with E-state index in [2.05, 4.69) is 5.32 Å². The molecular weight excluding hydrogens is 456 g/mol. The van der Waals surface area contributed by atoms with Gasteiger partial charge in [-0.2, -0.15) is 0 Å². The van der Waals surface area contributed by atoms with Gasteiger partial charge in [-0.3, -0.25) is 19.3 Å². The molecule has 0 spiro atoms. The molecule has 1 saturated heterocycles. The summed E-state index contributed by atoms with van der Waals surface area (Å²) in [7, 11) is 4.51. The lowest BCUT2D eigenvalue weighted by atomic mass is 9.84. The molecule has 3 rings (SSSR count). The molecule has 3 amide bonds. The highest BCUT2D eigenvalue weighted by atomic mass is 32.2. The van der Waals surface area contributed by atoms with Crippen LogP contribution in [0.25, 0.3) is 6.08 Å². The van der Waals surface area contributed by atoms with Crippen LogP contribution in [0, 0.1) is 0 Å². The molecule has 1 aliphatic rings. The molecule has 1 N–H and O–H groups in total. The van der Waals surface area contributed by atoms with Crippen molar-refractivity contribution in [1.29, 1.82) is 0 Å². The summed E-state index contributed by atoms with van der Waals surface area (Å²) in [5.41, 5.74) is 0.761. The van der Waals surface area contributed by atoms with Crippen LogP contribution in [-0.4, -0.2) is 56.4 Å². The fourth-order valence-corrected chi connectivity index (χ4v) is 4.38. The number of hydrogen-bond acceptors (Lipinski definition) is 7. The maximum absolute atomic E-state index is 12.9. The standard InChI is InChI=1S/C25H28N2O6S/c1-25(2,17-9-7-6-8-10-17)23(29)26-11-12-27-22(28)20(34-24(27)30)15-16-13-18(31-3)21(33-5)19(14-16)32-4/h6-10,13-15H,11-12H2,1-5H3,(H,26,29)/b20-15+. The Morgan fingerprint density at radius 1 is 1.03 bits per heavy atom. The second-order valence-corrected chi connectivity index (χ2v) is 9.03. The van der Waals surface area contributed by atoms with Crippen LogP contribution in [-0.2, 0) is 15.0 Å². The van der Waals surface area contributed by atoms with Crippen LogP contribution in [0.4, 0.5) is 4.79 Å². The summed E-state index contributed by atoms with van der Waals surface area (Å²) < 4.78 is 16.0. The second kappa shape index (κ2) is 10.6. The summed E-state index contributed by atoms with van der Waals surface area (Å²) in [6.07, 6.45) is 1.60. The van der Waals surface area contributed by atoms with Crippen LogP contribution in [0.15, 0.2) is 47.4 Å². The molecular formula is C25H28N2O6S. The zero-order chi connectivity index (χ0) is 24.9. The zero-order valence-electron chi connectivity index (χ0n) is 19.8. The van der Waals surface area contributed by atoms with E-state index in [1.54, 1.807) is 18.2 Å². The van der Waals surface area contributed by atoms with Crippen molar-refractivity contribution in [2.75, 3.05) is 34.4 Å². The largest absolute Gasteiger partial charge is 0.493 e. The van der Waals surface area contributed by atoms with E-state index in [-0.39, 0.29) is 29.1 Å². The Morgan fingerprint density at radius 3 is 2.21 bits per heavy atom. The molecule has 1 aliphatic heterocycles. The number of nitrogens with one attached hydrogen (secondary N) is 1.